The fourth-order valence-corrected chi connectivity index (χ4v) is 2.29. The summed E-state index contributed by atoms with van der Waals surface area (Å²) in [5.41, 5.74) is 6.64. The number of halogens is 3. The Labute approximate surface area is 129 Å². The molecule has 3 N–H and O–H groups in total. The summed E-state index contributed by atoms with van der Waals surface area (Å²) in [5.74, 6) is -0.882. The molecule has 0 atom stereocenters. The number of nitrogens with two attached hydrogens (primary N) is 1. The van der Waals surface area contributed by atoms with Crippen LogP contribution in [0.5, 0.6) is 0 Å². The quantitative estimate of drug-likeness (QED) is 0.870. The van der Waals surface area contributed by atoms with Crippen molar-refractivity contribution in [2.24, 2.45) is 5.73 Å². The summed E-state index contributed by atoms with van der Waals surface area (Å²) in [4.78, 5) is 11.1. The van der Waals surface area contributed by atoms with E-state index in [2.05, 4.69) is 21.2 Å². The predicted molar refractivity (Wildman–Crippen MR) is 81.4 cm³/mol. The molecule has 2 rings (SSSR count). The standard InChI is InChI=1S/C14H11BrClFN2O/c15-9-2-1-8(13(17)5-9)7-19-10-3-4-11(14(18)20)12(16)6-10/h1-6,19H,7H2,(H2,18,20). The van der Waals surface area contributed by atoms with Gasteiger partial charge in [0.25, 0.3) is 0 Å². The van der Waals surface area contributed by atoms with Crippen LogP contribution in [0.4, 0.5) is 10.1 Å². The number of benzene rings is 2. The van der Waals surface area contributed by atoms with Gasteiger partial charge in [-0.25, -0.2) is 4.39 Å². The second-order valence-electron chi connectivity index (χ2n) is 4.15. The second kappa shape index (κ2) is 6.24. The Hall–Kier alpha value is -1.59. The van der Waals surface area contributed by atoms with Crippen molar-refractivity contribution < 1.29 is 9.18 Å². The van der Waals surface area contributed by atoms with Gasteiger partial charge in [0.15, 0.2) is 0 Å². The maximum Gasteiger partial charge on any atom is 0.250 e. The highest BCUT2D eigenvalue weighted by molar-refractivity contribution is 9.10. The van der Waals surface area contributed by atoms with Gasteiger partial charge in [-0.15, -0.1) is 0 Å². The minimum absolute atomic E-state index is 0.257. The van der Waals surface area contributed by atoms with Crippen LogP contribution in [0.2, 0.25) is 5.02 Å². The molecule has 0 spiro atoms. The number of anilines is 1. The zero-order chi connectivity index (χ0) is 14.7. The van der Waals surface area contributed by atoms with Gasteiger partial charge in [0.05, 0.1) is 10.6 Å². The molecule has 0 radical (unpaired) electrons. The summed E-state index contributed by atoms with van der Waals surface area (Å²) in [5, 5.41) is 3.30. The Morgan fingerprint density at radius 1 is 1.30 bits per heavy atom. The van der Waals surface area contributed by atoms with Gasteiger partial charge in [-0.1, -0.05) is 33.6 Å². The molecule has 0 heterocycles. The van der Waals surface area contributed by atoms with E-state index in [0.29, 0.717) is 22.3 Å². The summed E-state index contributed by atoms with van der Waals surface area (Å²) in [7, 11) is 0. The Bertz CT molecular complexity index is 664. The monoisotopic (exact) mass is 356 g/mol. The Morgan fingerprint density at radius 3 is 2.65 bits per heavy atom. The third-order valence-corrected chi connectivity index (χ3v) is 3.54. The average molecular weight is 358 g/mol. The SMILES string of the molecule is NC(=O)c1ccc(NCc2ccc(Br)cc2F)cc1Cl. The number of amides is 1. The maximum atomic E-state index is 13.6. The molecule has 6 heteroatoms. The molecular weight excluding hydrogens is 347 g/mol. The maximum absolute atomic E-state index is 13.6. The molecule has 20 heavy (non-hydrogen) atoms. The van der Waals surface area contributed by atoms with E-state index >= 15 is 0 Å². The second-order valence-corrected chi connectivity index (χ2v) is 5.47. The molecule has 0 unspecified atom stereocenters. The fourth-order valence-electron chi connectivity index (χ4n) is 1.69. The Kier molecular flexibility index (Phi) is 4.62. The van der Waals surface area contributed by atoms with Gasteiger partial charge in [0.2, 0.25) is 5.91 Å². The molecule has 0 saturated heterocycles. The molecule has 3 nitrogen and oxygen atoms in total. The van der Waals surface area contributed by atoms with Crippen LogP contribution in [-0.4, -0.2) is 5.91 Å². The molecule has 0 bridgehead atoms. The van der Waals surface area contributed by atoms with E-state index in [4.69, 9.17) is 17.3 Å². The van der Waals surface area contributed by atoms with E-state index in [1.54, 1.807) is 24.3 Å². The zero-order valence-electron chi connectivity index (χ0n) is 10.3. The predicted octanol–water partition coefficient (Wildman–Crippen LogP) is 3.95. The van der Waals surface area contributed by atoms with Crippen molar-refractivity contribution in [3.05, 3.63) is 62.8 Å². The summed E-state index contributed by atoms with van der Waals surface area (Å²) < 4.78 is 14.3. The molecule has 0 aromatic heterocycles. The highest BCUT2D eigenvalue weighted by atomic mass is 79.9. The lowest BCUT2D eigenvalue weighted by atomic mass is 10.1. The molecule has 104 valence electrons. The van der Waals surface area contributed by atoms with Crippen molar-refractivity contribution in [1.82, 2.24) is 0 Å². The molecule has 2 aromatic rings. The van der Waals surface area contributed by atoms with Gasteiger partial charge in [-0.05, 0) is 30.3 Å². The highest BCUT2D eigenvalue weighted by Gasteiger charge is 2.07. The normalized spacial score (nSPS) is 10.3. The summed E-state index contributed by atoms with van der Waals surface area (Å²) in [6.07, 6.45) is 0. The Balaban J connectivity index is 2.11. The van der Waals surface area contributed by atoms with E-state index in [0.717, 1.165) is 0 Å². The van der Waals surface area contributed by atoms with Crippen LogP contribution in [0.1, 0.15) is 15.9 Å². The molecule has 0 aliphatic heterocycles. The van der Waals surface area contributed by atoms with Crippen molar-refractivity contribution in [2.45, 2.75) is 6.54 Å². The van der Waals surface area contributed by atoms with Crippen LogP contribution in [0, 0.1) is 5.82 Å². The van der Waals surface area contributed by atoms with Gasteiger partial charge in [0.1, 0.15) is 5.82 Å². The van der Waals surface area contributed by atoms with Gasteiger partial charge in [-0.3, -0.25) is 4.79 Å². The average Bonchev–Trinajstić information content (AvgIpc) is 2.37. The summed E-state index contributed by atoms with van der Waals surface area (Å²) >= 11 is 9.14. The first kappa shape index (κ1) is 14.8. The smallest absolute Gasteiger partial charge is 0.250 e. The van der Waals surface area contributed by atoms with Crippen molar-refractivity contribution >= 4 is 39.1 Å². The first-order valence-electron chi connectivity index (χ1n) is 5.74. The summed E-state index contributed by atoms with van der Waals surface area (Å²) in [6.45, 7) is 0.311. The van der Waals surface area contributed by atoms with E-state index in [1.165, 1.54) is 12.1 Å². The molecular formula is C14H11BrClFN2O. The van der Waals surface area contributed by atoms with Crippen LogP contribution in [0.3, 0.4) is 0 Å². The number of nitrogens with one attached hydrogen (secondary N) is 1. The largest absolute Gasteiger partial charge is 0.381 e. The molecule has 0 saturated carbocycles. The van der Waals surface area contributed by atoms with Gasteiger partial charge in [-0.2, -0.15) is 0 Å². The number of rotatable bonds is 4. The van der Waals surface area contributed by atoms with E-state index < -0.39 is 5.91 Å². The van der Waals surface area contributed by atoms with Crippen molar-refractivity contribution in [3.63, 3.8) is 0 Å². The van der Waals surface area contributed by atoms with Crippen LogP contribution in [0.25, 0.3) is 0 Å². The van der Waals surface area contributed by atoms with Crippen molar-refractivity contribution in [3.8, 4) is 0 Å². The van der Waals surface area contributed by atoms with Gasteiger partial charge < -0.3 is 11.1 Å². The van der Waals surface area contributed by atoms with Crippen LogP contribution in [0.15, 0.2) is 40.9 Å². The van der Waals surface area contributed by atoms with E-state index in [-0.39, 0.29) is 16.4 Å². The van der Waals surface area contributed by atoms with Gasteiger partial charge in [0, 0.05) is 22.3 Å². The molecule has 0 aliphatic rings. The van der Waals surface area contributed by atoms with Crippen LogP contribution in [-0.2, 0) is 6.54 Å². The topological polar surface area (TPSA) is 55.1 Å². The number of hydrogen-bond donors (Lipinski definition) is 2. The van der Waals surface area contributed by atoms with Crippen molar-refractivity contribution in [2.75, 3.05) is 5.32 Å². The lowest BCUT2D eigenvalue weighted by Gasteiger charge is -2.09. The third kappa shape index (κ3) is 3.49. The third-order valence-electron chi connectivity index (χ3n) is 2.73. The van der Waals surface area contributed by atoms with Crippen molar-refractivity contribution in [1.29, 1.82) is 0 Å². The Morgan fingerprint density at radius 2 is 2.05 bits per heavy atom. The molecule has 1 amide bonds. The number of carbonyl (C=O) groups excluding carboxylic acids is 1. The van der Waals surface area contributed by atoms with E-state index in [9.17, 15) is 9.18 Å². The minimum Gasteiger partial charge on any atom is -0.381 e. The summed E-state index contributed by atoms with van der Waals surface area (Å²) in [6, 6.07) is 9.64. The first-order valence-corrected chi connectivity index (χ1v) is 6.91. The fraction of sp³-hybridized carbons (Fsp3) is 0.0714. The molecule has 0 aliphatic carbocycles. The lowest BCUT2D eigenvalue weighted by molar-refractivity contribution is 0.100. The van der Waals surface area contributed by atoms with Crippen LogP contribution < -0.4 is 11.1 Å². The number of hydrogen-bond acceptors (Lipinski definition) is 2. The zero-order valence-corrected chi connectivity index (χ0v) is 12.6. The molecule has 2 aromatic carbocycles. The van der Waals surface area contributed by atoms with Gasteiger partial charge >= 0.3 is 0 Å². The number of carbonyl (C=O) groups is 1. The lowest BCUT2D eigenvalue weighted by Crippen LogP contribution is -2.11. The number of primary amides is 1. The first-order chi connectivity index (χ1) is 9.47. The highest BCUT2D eigenvalue weighted by Crippen LogP contribution is 2.22. The minimum atomic E-state index is -0.583. The van der Waals surface area contributed by atoms with E-state index in [1.807, 2.05) is 0 Å². The van der Waals surface area contributed by atoms with Crippen LogP contribution >= 0.6 is 27.5 Å². The molecule has 0 fully saturated rings.